The molecule has 3 nitrogen and oxygen atoms in total. The molecular weight excluding hydrogens is 279 g/mol. The molecule has 1 aromatic carbocycles. The highest BCUT2D eigenvalue weighted by Gasteiger charge is 2.11. The Bertz CT molecular complexity index is 453. The lowest BCUT2D eigenvalue weighted by Crippen LogP contribution is -2.34. The number of benzene rings is 1. The standard InChI is InChI=1S/C15H22ClFN2O/c1-4-10(2)19-15(20)7-8-18-11(3)13-6-5-12(17)9-14(13)16/h5-6,9-11,18H,4,7-8H2,1-3H3,(H,19,20). The molecule has 0 aliphatic rings. The van der Waals surface area contributed by atoms with Crippen LogP contribution in [0, 0.1) is 5.82 Å². The third-order valence-corrected chi connectivity index (χ3v) is 3.58. The Morgan fingerprint density at radius 3 is 2.70 bits per heavy atom. The molecule has 1 amide bonds. The fourth-order valence-corrected chi connectivity index (χ4v) is 2.14. The van der Waals surface area contributed by atoms with Crippen molar-refractivity contribution in [2.24, 2.45) is 0 Å². The van der Waals surface area contributed by atoms with Gasteiger partial charge in [0.25, 0.3) is 0 Å². The minimum absolute atomic E-state index is 0.0282. The minimum Gasteiger partial charge on any atom is -0.354 e. The Balaban J connectivity index is 2.40. The number of carbonyl (C=O) groups is 1. The normalized spacial score (nSPS) is 13.8. The number of rotatable bonds is 7. The van der Waals surface area contributed by atoms with Gasteiger partial charge in [0, 0.05) is 30.1 Å². The molecule has 0 aromatic heterocycles. The Hall–Kier alpha value is -1.13. The summed E-state index contributed by atoms with van der Waals surface area (Å²) in [6, 6.07) is 4.51. The zero-order chi connectivity index (χ0) is 15.1. The quantitative estimate of drug-likeness (QED) is 0.810. The van der Waals surface area contributed by atoms with Crippen molar-refractivity contribution < 1.29 is 9.18 Å². The van der Waals surface area contributed by atoms with Crippen LogP contribution in [0.1, 0.15) is 45.2 Å². The maximum absolute atomic E-state index is 13.0. The molecule has 0 radical (unpaired) electrons. The molecular formula is C15H22ClFN2O. The zero-order valence-corrected chi connectivity index (χ0v) is 12.9. The van der Waals surface area contributed by atoms with Gasteiger partial charge in [0.15, 0.2) is 0 Å². The van der Waals surface area contributed by atoms with Gasteiger partial charge in [-0.05, 0) is 38.0 Å². The van der Waals surface area contributed by atoms with E-state index in [4.69, 9.17) is 11.6 Å². The molecule has 1 rings (SSSR count). The van der Waals surface area contributed by atoms with Crippen LogP contribution in [0.25, 0.3) is 0 Å². The van der Waals surface area contributed by atoms with Crippen molar-refractivity contribution in [1.29, 1.82) is 0 Å². The Morgan fingerprint density at radius 1 is 1.40 bits per heavy atom. The predicted octanol–water partition coefficient (Wildman–Crippen LogP) is 3.43. The number of hydrogen-bond donors (Lipinski definition) is 2. The van der Waals surface area contributed by atoms with Gasteiger partial charge in [0.05, 0.1) is 0 Å². The van der Waals surface area contributed by atoms with Crippen molar-refractivity contribution in [3.05, 3.63) is 34.6 Å². The first-order valence-electron chi connectivity index (χ1n) is 6.91. The number of carbonyl (C=O) groups excluding carboxylic acids is 1. The van der Waals surface area contributed by atoms with Gasteiger partial charge in [0.1, 0.15) is 5.82 Å². The molecule has 0 fully saturated rings. The highest BCUT2D eigenvalue weighted by Crippen LogP contribution is 2.23. The van der Waals surface area contributed by atoms with Crippen LogP contribution in [-0.4, -0.2) is 18.5 Å². The van der Waals surface area contributed by atoms with Crippen molar-refractivity contribution in [3.8, 4) is 0 Å². The van der Waals surface area contributed by atoms with E-state index >= 15 is 0 Å². The molecule has 2 unspecified atom stereocenters. The predicted molar refractivity (Wildman–Crippen MR) is 80.3 cm³/mol. The topological polar surface area (TPSA) is 41.1 Å². The summed E-state index contributed by atoms with van der Waals surface area (Å²) in [6.45, 7) is 6.50. The molecule has 20 heavy (non-hydrogen) atoms. The van der Waals surface area contributed by atoms with Crippen molar-refractivity contribution in [1.82, 2.24) is 10.6 Å². The third-order valence-electron chi connectivity index (χ3n) is 3.25. The SMILES string of the molecule is CCC(C)NC(=O)CCNC(C)c1ccc(F)cc1Cl. The van der Waals surface area contributed by atoms with Gasteiger partial charge in [-0.3, -0.25) is 4.79 Å². The van der Waals surface area contributed by atoms with Gasteiger partial charge in [-0.2, -0.15) is 0 Å². The van der Waals surface area contributed by atoms with Crippen molar-refractivity contribution in [3.63, 3.8) is 0 Å². The summed E-state index contributed by atoms with van der Waals surface area (Å²) < 4.78 is 13.0. The monoisotopic (exact) mass is 300 g/mol. The van der Waals surface area contributed by atoms with Gasteiger partial charge < -0.3 is 10.6 Å². The zero-order valence-electron chi connectivity index (χ0n) is 12.2. The first kappa shape index (κ1) is 16.9. The maximum atomic E-state index is 13.0. The Kier molecular flexibility index (Phi) is 6.96. The Labute approximate surface area is 124 Å². The van der Waals surface area contributed by atoms with Crippen LogP contribution in [0.15, 0.2) is 18.2 Å². The average Bonchev–Trinajstić information content (AvgIpc) is 2.38. The molecule has 0 aliphatic heterocycles. The van der Waals surface area contributed by atoms with Crippen molar-refractivity contribution in [2.75, 3.05) is 6.54 Å². The summed E-state index contributed by atoms with van der Waals surface area (Å²) >= 11 is 5.99. The molecule has 0 spiro atoms. The van der Waals surface area contributed by atoms with Crippen molar-refractivity contribution in [2.45, 2.75) is 45.7 Å². The van der Waals surface area contributed by atoms with E-state index < -0.39 is 0 Å². The lowest BCUT2D eigenvalue weighted by atomic mass is 10.1. The molecule has 0 saturated heterocycles. The van der Waals surface area contributed by atoms with Gasteiger partial charge in [-0.1, -0.05) is 24.6 Å². The van der Waals surface area contributed by atoms with E-state index in [1.165, 1.54) is 12.1 Å². The summed E-state index contributed by atoms with van der Waals surface area (Å²) in [5, 5.41) is 6.52. The molecule has 112 valence electrons. The average molecular weight is 301 g/mol. The smallest absolute Gasteiger partial charge is 0.221 e. The second-order valence-corrected chi connectivity index (χ2v) is 5.38. The van der Waals surface area contributed by atoms with Crippen LogP contribution < -0.4 is 10.6 Å². The van der Waals surface area contributed by atoms with E-state index in [9.17, 15) is 9.18 Å². The van der Waals surface area contributed by atoms with E-state index in [2.05, 4.69) is 10.6 Å². The van der Waals surface area contributed by atoms with E-state index in [1.807, 2.05) is 20.8 Å². The fraction of sp³-hybridized carbons (Fsp3) is 0.533. The molecule has 0 saturated carbocycles. The Morgan fingerprint density at radius 2 is 2.10 bits per heavy atom. The fourth-order valence-electron chi connectivity index (χ4n) is 1.81. The first-order chi connectivity index (χ1) is 9.43. The first-order valence-corrected chi connectivity index (χ1v) is 7.29. The molecule has 0 aliphatic carbocycles. The molecule has 5 heteroatoms. The van der Waals surface area contributed by atoms with Crippen LogP contribution in [-0.2, 0) is 4.79 Å². The largest absolute Gasteiger partial charge is 0.354 e. The summed E-state index contributed by atoms with van der Waals surface area (Å²) in [7, 11) is 0. The van der Waals surface area contributed by atoms with Gasteiger partial charge >= 0.3 is 0 Å². The van der Waals surface area contributed by atoms with Crippen LogP contribution in [0.5, 0.6) is 0 Å². The summed E-state index contributed by atoms with van der Waals surface area (Å²) in [5.41, 5.74) is 0.829. The number of halogens is 2. The highest BCUT2D eigenvalue weighted by molar-refractivity contribution is 6.31. The summed E-state index contributed by atoms with van der Waals surface area (Å²) in [4.78, 5) is 11.6. The van der Waals surface area contributed by atoms with E-state index in [1.54, 1.807) is 6.07 Å². The van der Waals surface area contributed by atoms with Crippen LogP contribution in [0.2, 0.25) is 5.02 Å². The van der Waals surface area contributed by atoms with Crippen LogP contribution in [0.3, 0.4) is 0 Å². The van der Waals surface area contributed by atoms with Gasteiger partial charge in [0.2, 0.25) is 5.91 Å². The van der Waals surface area contributed by atoms with E-state index in [0.717, 1.165) is 12.0 Å². The molecule has 2 N–H and O–H groups in total. The number of amides is 1. The summed E-state index contributed by atoms with van der Waals surface area (Å²) in [6.07, 6.45) is 1.33. The van der Waals surface area contributed by atoms with Crippen LogP contribution in [0.4, 0.5) is 4.39 Å². The molecule has 0 bridgehead atoms. The van der Waals surface area contributed by atoms with Gasteiger partial charge in [-0.25, -0.2) is 4.39 Å². The minimum atomic E-state index is -0.348. The number of nitrogens with one attached hydrogen (secondary N) is 2. The lowest BCUT2D eigenvalue weighted by Gasteiger charge is -2.16. The number of hydrogen-bond acceptors (Lipinski definition) is 2. The second-order valence-electron chi connectivity index (χ2n) is 4.97. The van der Waals surface area contributed by atoms with Gasteiger partial charge in [-0.15, -0.1) is 0 Å². The molecule has 2 atom stereocenters. The van der Waals surface area contributed by atoms with Crippen LogP contribution >= 0.6 is 11.6 Å². The van der Waals surface area contributed by atoms with Crippen molar-refractivity contribution >= 4 is 17.5 Å². The lowest BCUT2D eigenvalue weighted by molar-refractivity contribution is -0.121. The highest BCUT2D eigenvalue weighted by atomic mass is 35.5. The third kappa shape index (κ3) is 5.47. The maximum Gasteiger partial charge on any atom is 0.221 e. The van der Waals surface area contributed by atoms with E-state index in [0.29, 0.717) is 18.0 Å². The summed E-state index contributed by atoms with van der Waals surface area (Å²) in [5.74, 6) is -0.317. The molecule has 1 aromatic rings. The van der Waals surface area contributed by atoms with E-state index in [-0.39, 0.29) is 23.8 Å². The molecule has 0 heterocycles. The second kappa shape index (κ2) is 8.22.